The van der Waals surface area contributed by atoms with Crippen molar-refractivity contribution in [2.24, 2.45) is 0 Å². The molecule has 1 aliphatic carbocycles. The Morgan fingerprint density at radius 3 is 2.74 bits per heavy atom. The molecular weight excluding hydrogens is 340 g/mol. The van der Waals surface area contributed by atoms with Crippen LogP contribution in [-0.2, 0) is 4.74 Å². The van der Waals surface area contributed by atoms with Gasteiger partial charge in [0.2, 0.25) is 0 Å². The largest absolute Gasteiger partial charge is 0.446 e. The molecule has 0 spiro atoms. The molecule has 0 radical (unpaired) electrons. The molecule has 3 N–H and O–H groups in total. The van der Waals surface area contributed by atoms with E-state index in [1.165, 1.54) is 32.1 Å². The van der Waals surface area contributed by atoms with Gasteiger partial charge >= 0.3 is 6.09 Å². The van der Waals surface area contributed by atoms with Gasteiger partial charge in [0.1, 0.15) is 11.9 Å². The normalized spacial score (nSPS) is 16.3. The second-order valence-corrected chi connectivity index (χ2v) is 7.53. The Labute approximate surface area is 161 Å². The van der Waals surface area contributed by atoms with Crippen LogP contribution in [0, 0.1) is 0 Å². The standard InChI is InChI=1S/C21H32N4O2/c1-4-9-14(3)27-21(26)25-17-13-19-18(12-16(17)22-5-2)23-20(24-19)15-10-7-6-8-11-15/h12-15,22H,4-11H2,1-3H3,(H,23,24)(H,25,26). The van der Waals surface area contributed by atoms with Gasteiger partial charge in [-0.1, -0.05) is 32.6 Å². The van der Waals surface area contributed by atoms with Crippen LogP contribution in [0.15, 0.2) is 12.1 Å². The number of amides is 1. The zero-order chi connectivity index (χ0) is 19.2. The van der Waals surface area contributed by atoms with Crippen molar-refractivity contribution in [2.45, 2.75) is 77.7 Å². The lowest BCUT2D eigenvalue weighted by molar-refractivity contribution is 0.115. The van der Waals surface area contributed by atoms with E-state index in [4.69, 9.17) is 9.72 Å². The summed E-state index contributed by atoms with van der Waals surface area (Å²) in [5, 5.41) is 6.21. The highest BCUT2D eigenvalue weighted by molar-refractivity contribution is 5.95. The van der Waals surface area contributed by atoms with Gasteiger partial charge in [-0.25, -0.2) is 9.78 Å². The summed E-state index contributed by atoms with van der Waals surface area (Å²) in [4.78, 5) is 20.6. The Bertz CT molecular complexity index is 765. The molecule has 1 heterocycles. The van der Waals surface area contributed by atoms with Crippen LogP contribution in [0.2, 0.25) is 0 Å². The van der Waals surface area contributed by atoms with Crippen LogP contribution in [0.5, 0.6) is 0 Å². The highest BCUT2D eigenvalue weighted by Gasteiger charge is 2.20. The molecule has 2 aromatic rings. The van der Waals surface area contributed by atoms with E-state index in [0.717, 1.165) is 47.6 Å². The average Bonchev–Trinajstić information content (AvgIpc) is 3.06. The maximum Gasteiger partial charge on any atom is 0.411 e. The van der Waals surface area contributed by atoms with Gasteiger partial charge < -0.3 is 15.0 Å². The van der Waals surface area contributed by atoms with Crippen molar-refractivity contribution in [2.75, 3.05) is 17.2 Å². The maximum atomic E-state index is 12.3. The van der Waals surface area contributed by atoms with Crippen LogP contribution < -0.4 is 10.6 Å². The predicted octanol–water partition coefficient (Wildman–Crippen LogP) is 5.78. The molecule has 0 saturated heterocycles. The van der Waals surface area contributed by atoms with Crippen molar-refractivity contribution in [1.82, 2.24) is 9.97 Å². The summed E-state index contributed by atoms with van der Waals surface area (Å²) in [6.45, 7) is 6.80. The van der Waals surface area contributed by atoms with E-state index in [-0.39, 0.29) is 6.10 Å². The van der Waals surface area contributed by atoms with E-state index < -0.39 is 6.09 Å². The van der Waals surface area contributed by atoms with Crippen molar-refractivity contribution in [1.29, 1.82) is 0 Å². The fourth-order valence-electron chi connectivity index (χ4n) is 3.87. The summed E-state index contributed by atoms with van der Waals surface area (Å²) < 4.78 is 5.44. The van der Waals surface area contributed by atoms with Gasteiger partial charge in [-0.2, -0.15) is 0 Å². The molecular formula is C21H32N4O2. The number of H-pyrrole nitrogens is 1. The highest BCUT2D eigenvalue weighted by atomic mass is 16.6. The second kappa shape index (κ2) is 9.11. The van der Waals surface area contributed by atoms with Crippen molar-refractivity contribution in [3.8, 4) is 0 Å². The predicted molar refractivity (Wildman–Crippen MR) is 111 cm³/mol. The van der Waals surface area contributed by atoms with Crippen molar-refractivity contribution in [3.05, 3.63) is 18.0 Å². The van der Waals surface area contributed by atoms with Crippen LogP contribution >= 0.6 is 0 Å². The lowest BCUT2D eigenvalue weighted by Gasteiger charge is -2.18. The molecule has 6 nitrogen and oxygen atoms in total. The molecule has 3 rings (SSSR count). The van der Waals surface area contributed by atoms with E-state index in [9.17, 15) is 4.79 Å². The lowest BCUT2D eigenvalue weighted by atomic mass is 9.89. The Balaban J connectivity index is 1.82. The second-order valence-electron chi connectivity index (χ2n) is 7.53. The number of nitrogens with one attached hydrogen (secondary N) is 3. The number of anilines is 2. The van der Waals surface area contributed by atoms with Crippen LogP contribution in [0.1, 0.15) is 77.5 Å². The minimum absolute atomic E-state index is 0.0913. The van der Waals surface area contributed by atoms with E-state index in [0.29, 0.717) is 5.92 Å². The number of aromatic amines is 1. The number of fused-ring (bicyclic) bond motifs is 1. The van der Waals surface area contributed by atoms with Crippen LogP contribution in [-0.4, -0.2) is 28.7 Å². The summed E-state index contributed by atoms with van der Waals surface area (Å²) in [7, 11) is 0. The van der Waals surface area contributed by atoms with Gasteiger partial charge in [0.25, 0.3) is 0 Å². The summed E-state index contributed by atoms with van der Waals surface area (Å²) in [6.07, 6.45) is 7.62. The van der Waals surface area contributed by atoms with Crippen molar-refractivity contribution in [3.63, 3.8) is 0 Å². The molecule has 1 saturated carbocycles. The first-order valence-electron chi connectivity index (χ1n) is 10.4. The van der Waals surface area contributed by atoms with Gasteiger partial charge in [0.05, 0.1) is 22.4 Å². The Morgan fingerprint density at radius 2 is 2.04 bits per heavy atom. The fourth-order valence-corrected chi connectivity index (χ4v) is 3.87. The molecule has 148 valence electrons. The Hall–Kier alpha value is -2.24. The quantitative estimate of drug-likeness (QED) is 0.575. The minimum atomic E-state index is -0.415. The first kappa shape index (κ1) is 19.5. The molecule has 0 aliphatic heterocycles. The monoisotopic (exact) mass is 372 g/mol. The number of nitrogens with zero attached hydrogens (tertiary/aromatic N) is 1. The first-order valence-corrected chi connectivity index (χ1v) is 10.4. The number of rotatable bonds is 7. The van der Waals surface area contributed by atoms with Gasteiger partial charge in [0.15, 0.2) is 0 Å². The number of carbonyl (C=O) groups excluding carboxylic acids is 1. The number of aromatic nitrogens is 2. The zero-order valence-corrected chi connectivity index (χ0v) is 16.7. The van der Waals surface area contributed by atoms with E-state index in [1.54, 1.807) is 0 Å². The van der Waals surface area contributed by atoms with Crippen LogP contribution in [0.3, 0.4) is 0 Å². The summed E-state index contributed by atoms with van der Waals surface area (Å²) in [5.74, 6) is 1.59. The van der Waals surface area contributed by atoms with E-state index in [1.807, 2.05) is 26.0 Å². The number of carbonyl (C=O) groups is 1. The third-order valence-electron chi connectivity index (χ3n) is 5.24. The lowest BCUT2D eigenvalue weighted by Crippen LogP contribution is -2.20. The number of benzene rings is 1. The molecule has 1 unspecified atom stereocenters. The minimum Gasteiger partial charge on any atom is -0.446 e. The maximum absolute atomic E-state index is 12.3. The average molecular weight is 373 g/mol. The summed E-state index contributed by atoms with van der Waals surface area (Å²) >= 11 is 0. The number of ether oxygens (including phenoxy) is 1. The number of hydrogen-bond donors (Lipinski definition) is 3. The molecule has 6 heteroatoms. The smallest absolute Gasteiger partial charge is 0.411 e. The third-order valence-corrected chi connectivity index (χ3v) is 5.24. The van der Waals surface area contributed by atoms with E-state index in [2.05, 4.69) is 22.5 Å². The van der Waals surface area contributed by atoms with Gasteiger partial charge in [-0.3, -0.25) is 5.32 Å². The SMILES string of the molecule is CCCC(C)OC(=O)Nc1cc2[nH]c(C3CCCCC3)nc2cc1NCC. The first-order chi connectivity index (χ1) is 13.1. The number of hydrogen-bond acceptors (Lipinski definition) is 4. The Morgan fingerprint density at radius 1 is 1.26 bits per heavy atom. The number of imidazole rings is 1. The summed E-state index contributed by atoms with van der Waals surface area (Å²) in [5.41, 5.74) is 3.47. The topological polar surface area (TPSA) is 79.0 Å². The molecule has 27 heavy (non-hydrogen) atoms. The molecule has 1 atom stereocenters. The van der Waals surface area contributed by atoms with Gasteiger partial charge in [0, 0.05) is 12.5 Å². The molecule has 1 aromatic carbocycles. The van der Waals surface area contributed by atoms with Crippen LogP contribution in [0.4, 0.5) is 16.2 Å². The van der Waals surface area contributed by atoms with Gasteiger partial charge in [-0.15, -0.1) is 0 Å². The molecule has 1 fully saturated rings. The molecule has 1 amide bonds. The summed E-state index contributed by atoms with van der Waals surface area (Å²) in [6, 6.07) is 3.96. The highest BCUT2D eigenvalue weighted by Crippen LogP contribution is 2.34. The zero-order valence-electron chi connectivity index (χ0n) is 16.7. The van der Waals surface area contributed by atoms with E-state index >= 15 is 0 Å². The van der Waals surface area contributed by atoms with Crippen molar-refractivity contribution >= 4 is 28.5 Å². The fraction of sp³-hybridized carbons (Fsp3) is 0.619. The molecule has 1 aliphatic rings. The van der Waals surface area contributed by atoms with Crippen LogP contribution in [0.25, 0.3) is 11.0 Å². The van der Waals surface area contributed by atoms with Crippen molar-refractivity contribution < 1.29 is 9.53 Å². The third kappa shape index (κ3) is 4.93. The molecule has 0 bridgehead atoms. The Kier molecular flexibility index (Phi) is 6.58. The molecule has 1 aromatic heterocycles. The van der Waals surface area contributed by atoms with Gasteiger partial charge in [-0.05, 0) is 45.2 Å².